The van der Waals surface area contributed by atoms with Gasteiger partial charge in [-0.3, -0.25) is 4.79 Å². The summed E-state index contributed by atoms with van der Waals surface area (Å²) in [6, 6.07) is 10.3. The number of rotatable bonds is 7. The Hall–Kier alpha value is -1.60. The van der Waals surface area contributed by atoms with Crippen molar-refractivity contribution in [3.63, 3.8) is 0 Å². The Kier molecular flexibility index (Phi) is 5.37. The molecule has 0 bridgehead atoms. The van der Waals surface area contributed by atoms with Crippen LogP contribution in [0, 0.1) is 0 Å². The molecular weight excluding hydrogens is 292 g/mol. The lowest BCUT2D eigenvalue weighted by Crippen LogP contribution is -2.22. The maximum atomic E-state index is 11.0. The van der Waals surface area contributed by atoms with Crippen molar-refractivity contribution in [3.8, 4) is 0 Å². The first-order chi connectivity index (χ1) is 9.65. The van der Waals surface area contributed by atoms with Crippen LogP contribution in [0.4, 0.5) is 5.13 Å². The van der Waals surface area contributed by atoms with Gasteiger partial charge in [-0.15, -0.1) is 10.2 Å². The summed E-state index contributed by atoms with van der Waals surface area (Å²) in [7, 11) is 0. The Bertz CT molecular complexity index is 559. The second kappa shape index (κ2) is 7.25. The fourth-order valence-electron chi connectivity index (χ4n) is 1.50. The molecule has 0 aliphatic heterocycles. The molecule has 0 fully saturated rings. The van der Waals surface area contributed by atoms with Gasteiger partial charge in [-0.05, 0) is 18.9 Å². The molecule has 1 atom stereocenters. The minimum atomic E-state index is -0.344. The Labute approximate surface area is 126 Å². The van der Waals surface area contributed by atoms with E-state index in [2.05, 4.69) is 27.6 Å². The van der Waals surface area contributed by atoms with E-state index < -0.39 is 0 Å². The highest BCUT2D eigenvalue weighted by molar-refractivity contribution is 8.02. The molecule has 0 aliphatic rings. The summed E-state index contributed by atoms with van der Waals surface area (Å²) in [5.74, 6) is -0.344. The van der Waals surface area contributed by atoms with E-state index in [-0.39, 0.29) is 11.2 Å². The number of primary amides is 1. The third-order valence-electron chi connectivity index (χ3n) is 2.62. The predicted octanol–water partition coefficient (Wildman–Crippen LogP) is 2.16. The van der Waals surface area contributed by atoms with E-state index in [0.717, 1.165) is 22.4 Å². The lowest BCUT2D eigenvalue weighted by molar-refractivity contribution is -0.117. The largest absolute Gasteiger partial charge is 0.369 e. The molecule has 1 amide bonds. The molecule has 20 heavy (non-hydrogen) atoms. The molecule has 2 rings (SSSR count). The summed E-state index contributed by atoms with van der Waals surface area (Å²) in [5, 5.41) is 11.8. The second-order valence-electron chi connectivity index (χ2n) is 4.20. The summed E-state index contributed by atoms with van der Waals surface area (Å²) in [4.78, 5) is 11.0. The fraction of sp³-hybridized carbons (Fsp3) is 0.308. The number of nitrogens with one attached hydrogen (secondary N) is 1. The van der Waals surface area contributed by atoms with Crippen LogP contribution in [0.25, 0.3) is 0 Å². The molecule has 3 N–H and O–H groups in total. The Morgan fingerprint density at radius 2 is 2.15 bits per heavy atom. The minimum absolute atomic E-state index is 0.292. The number of hydrogen-bond acceptors (Lipinski definition) is 6. The molecule has 7 heteroatoms. The maximum absolute atomic E-state index is 11.0. The summed E-state index contributed by atoms with van der Waals surface area (Å²) >= 11 is 2.77. The number of amides is 1. The monoisotopic (exact) mass is 308 g/mol. The Morgan fingerprint density at radius 3 is 2.85 bits per heavy atom. The number of hydrogen-bond donors (Lipinski definition) is 2. The maximum Gasteiger partial charge on any atom is 0.230 e. The number of carbonyl (C=O) groups is 1. The highest BCUT2D eigenvalue weighted by atomic mass is 32.2. The molecule has 2 aromatic rings. The van der Waals surface area contributed by atoms with Crippen LogP contribution in [0.1, 0.15) is 12.5 Å². The molecule has 0 saturated carbocycles. The first-order valence-corrected chi connectivity index (χ1v) is 7.92. The zero-order valence-corrected chi connectivity index (χ0v) is 12.7. The second-order valence-corrected chi connectivity index (χ2v) is 6.76. The zero-order chi connectivity index (χ0) is 14.4. The number of anilines is 1. The normalized spacial score (nSPS) is 12.1. The van der Waals surface area contributed by atoms with Crippen molar-refractivity contribution in [1.29, 1.82) is 0 Å². The number of nitrogens with zero attached hydrogens (tertiary/aromatic N) is 2. The third kappa shape index (κ3) is 4.50. The molecule has 0 spiro atoms. The predicted molar refractivity (Wildman–Crippen MR) is 83.1 cm³/mol. The van der Waals surface area contributed by atoms with Crippen LogP contribution in [0.15, 0.2) is 34.7 Å². The van der Waals surface area contributed by atoms with Gasteiger partial charge in [-0.1, -0.05) is 53.4 Å². The number of nitrogens with two attached hydrogens (primary N) is 1. The summed E-state index contributed by atoms with van der Waals surface area (Å²) in [6.07, 6.45) is 0.931. The fourth-order valence-corrected chi connectivity index (χ4v) is 3.37. The lowest BCUT2D eigenvalue weighted by atomic mass is 10.2. The van der Waals surface area contributed by atoms with Gasteiger partial charge < -0.3 is 11.1 Å². The van der Waals surface area contributed by atoms with Crippen molar-refractivity contribution in [2.45, 2.75) is 22.9 Å². The van der Waals surface area contributed by atoms with Crippen molar-refractivity contribution in [3.05, 3.63) is 35.9 Å². The average Bonchev–Trinajstić information content (AvgIpc) is 2.87. The van der Waals surface area contributed by atoms with Gasteiger partial charge in [0.1, 0.15) is 0 Å². The van der Waals surface area contributed by atoms with Crippen LogP contribution >= 0.6 is 23.1 Å². The van der Waals surface area contributed by atoms with Gasteiger partial charge in [0.2, 0.25) is 11.0 Å². The third-order valence-corrected chi connectivity index (χ3v) is 4.70. The molecule has 1 aromatic carbocycles. The van der Waals surface area contributed by atoms with E-state index in [9.17, 15) is 4.79 Å². The van der Waals surface area contributed by atoms with Gasteiger partial charge in [0.05, 0.1) is 5.25 Å². The molecule has 0 unspecified atom stereocenters. The highest BCUT2D eigenvalue weighted by Gasteiger charge is 2.13. The Balaban J connectivity index is 1.79. The number of thioether (sulfide) groups is 1. The minimum Gasteiger partial charge on any atom is -0.369 e. The molecule has 106 valence electrons. The molecule has 0 saturated heterocycles. The van der Waals surface area contributed by atoms with Crippen LogP contribution in [0.2, 0.25) is 0 Å². The van der Waals surface area contributed by atoms with E-state index in [0.29, 0.717) is 0 Å². The van der Waals surface area contributed by atoms with Crippen molar-refractivity contribution in [2.75, 3.05) is 11.9 Å². The number of carbonyl (C=O) groups excluding carboxylic acids is 1. The first kappa shape index (κ1) is 14.8. The smallest absolute Gasteiger partial charge is 0.230 e. The van der Waals surface area contributed by atoms with Gasteiger partial charge >= 0.3 is 0 Å². The first-order valence-electron chi connectivity index (χ1n) is 6.22. The van der Waals surface area contributed by atoms with E-state index in [1.807, 2.05) is 18.2 Å². The molecule has 5 nitrogen and oxygen atoms in total. The van der Waals surface area contributed by atoms with Crippen molar-refractivity contribution in [1.82, 2.24) is 10.2 Å². The average molecular weight is 308 g/mol. The van der Waals surface area contributed by atoms with E-state index >= 15 is 0 Å². The van der Waals surface area contributed by atoms with Crippen molar-refractivity contribution < 1.29 is 4.79 Å². The summed E-state index contributed by atoms with van der Waals surface area (Å²) in [5.41, 5.74) is 6.50. The van der Waals surface area contributed by atoms with Gasteiger partial charge in [0.15, 0.2) is 4.34 Å². The van der Waals surface area contributed by atoms with Crippen LogP contribution < -0.4 is 11.1 Å². The van der Waals surface area contributed by atoms with E-state index in [4.69, 9.17) is 5.73 Å². The van der Waals surface area contributed by atoms with Gasteiger partial charge in [-0.25, -0.2) is 0 Å². The Morgan fingerprint density at radius 1 is 1.40 bits per heavy atom. The van der Waals surface area contributed by atoms with E-state index in [1.165, 1.54) is 28.7 Å². The van der Waals surface area contributed by atoms with Crippen LogP contribution in [0.3, 0.4) is 0 Å². The van der Waals surface area contributed by atoms with Crippen molar-refractivity contribution in [2.24, 2.45) is 5.73 Å². The van der Waals surface area contributed by atoms with E-state index in [1.54, 1.807) is 6.92 Å². The summed E-state index contributed by atoms with van der Waals surface area (Å²) in [6.45, 7) is 2.56. The molecule has 1 aromatic heterocycles. The topological polar surface area (TPSA) is 80.9 Å². The van der Waals surface area contributed by atoms with Gasteiger partial charge in [0.25, 0.3) is 0 Å². The van der Waals surface area contributed by atoms with Gasteiger partial charge in [-0.2, -0.15) is 0 Å². The number of aromatic nitrogens is 2. The van der Waals surface area contributed by atoms with Gasteiger partial charge in [0, 0.05) is 6.54 Å². The standard InChI is InChI=1S/C13H16N4OS2/c1-9(11(14)18)19-13-17-16-12(20-13)15-8-7-10-5-3-2-4-6-10/h2-6,9H,7-8H2,1H3,(H2,14,18)(H,15,16)/t9-/m0/s1. The number of benzene rings is 1. The molecule has 0 aliphatic carbocycles. The zero-order valence-electron chi connectivity index (χ0n) is 11.1. The van der Waals surface area contributed by atoms with Crippen molar-refractivity contribution >= 4 is 34.1 Å². The molecular formula is C13H16N4OS2. The molecule has 1 heterocycles. The molecule has 0 radical (unpaired) electrons. The lowest BCUT2D eigenvalue weighted by Gasteiger charge is -2.02. The van der Waals surface area contributed by atoms with Crippen LogP contribution in [-0.4, -0.2) is 27.9 Å². The highest BCUT2D eigenvalue weighted by Crippen LogP contribution is 2.28. The van der Waals surface area contributed by atoms with Crippen LogP contribution in [0.5, 0.6) is 0 Å². The van der Waals surface area contributed by atoms with Crippen LogP contribution in [-0.2, 0) is 11.2 Å². The SMILES string of the molecule is C[C@H](Sc1nnc(NCCc2ccccc2)s1)C(N)=O. The summed E-state index contributed by atoms with van der Waals surface area (Å²) < 4.78 is 0.749. The quantitative estimate of drug-likeness (QED) is 0.766.